The maximum atomic E-state index is 12.2. The van der Waals surface area contributed by atoms with Gasteiger partial charge >= 0.3 is 0 Å². The van der Waals surface area contributed by atoms with Crippen molar-refractivity contribution in [2.75, 3.05) is 6.54 Å². The van der Waals surface area contributed by atoms with E-state index < -0.39 is 0 Å². The van der Waals surface area contributed by atoms with Crippen LogP contribution in [0.15, 0.2) is 53.7 Å². The van der Waals surface area contributed by atoms with E-state index in [-0.39, 0.29) is 5.91 Å². The maximum absolute atomic E-state index is 12.2. The fourth-order valence-corrected chi connectivity index (χ4v) is 4.16. The molecule has 1 heterocycles. The fourth-order valence-electron chi connectivity index (χ4n) is 3.25. The smallest absolute Gasteiger partial charge is 0.220 e. The third-order valence-electron chi connectivity index (χ3n) is 4.84. The van der Waals surface area contributed by atoms with Gasteiger partial charge in [0, 0.05) is 30.8 Å². The Morgan fingerprint density at radius 3 is 2.57 bits per heavy atom. The predicted molar refractivity (Wildman–Crippen MR) is 123 cm³/mol. The van der Waals surface area contributed by atoms with Gasteiger partial charge in [0.1, 0.15) is 5.82 Å². The van der Waals surface area contributed by atoms with Crippen LogP contribution in [0.25, 0.3) is 5.69 Å². The van der Waals surface area contributed by atoms with Gasteiger partial charge < -0.3 is 5.32 Å². The molecule has 0 spiro atoms. The molecule has 30 heavy (non-hydrogen) atoms. The van der Waals surface area contributed by atoms with Gasteiger partial charge in [-0.25, -0.2) is 0 Å². The monoisotopic (exact) mass is 422 g/mol. The van der Waals surface area contributed by atoms with E-state index >= 15 is 0 Å². The largest absolute Gasteiger partial charge is 0.356 e. The molecule has 0 saturated heterocycles. The van der Waals surface area contributed by atoms with Crippen LogP contribution < -0.4 is 5.32 Å². The topological polar surface area (TPSA) is 59.8 Å². The molecular weight excluding hydrogens is 392 g/mol. The highest BCUT2D eigenvalue weighted by Gasteiger charge is 2.16. The highest BCUT2D eigenvalue weighted by atomic mass is 32.2. The normalized spacial score (nSPS) is 10.9. The second-order valence-electron chi connectivity index (χ2n) is 7.55. The number of benzene rings is 2. The first-order valence-corrected chi connectivity index (χ1v) is 11.5. The number of rotatable bonds is 10. The van der Waals surface area contributed by atoms with Crippen LogP contribution in [0.2, 0.25) is 0 Å². The number of nitrogens with one attached hydrogen (secondary N) is 1. The molecule has 0 bridgehead atoms. The second-order valence-corrected chi connectivity index (χ2v) is 8.50. The van der Waals surface area contributed by atoms with Crippen molar-refractivity contribution in [1.29, 1.82) is 0 Å². The molecule has 0 radical (unpaired) electrons. The third-order valence-corrected chi connectivity index (χ3v) is 5.84. The molecule has 1 aromatic heterocycles. The van der Waals surface area contributed by atoms with Crippen LogP contribution in [0.5, 0.6) is 0 Å². The number of aryl methyl sites for hydroxylation is 3. The van der Waals surface area contributed by atoms with Crippen molar-refractivity contribution in [2.24, 2.45) is 0 Å². The molecule has 6 heteroatoms. The molecule has 0 unspecified atom stereocenters. The van der Waals surface area contributed by atoms with Crippen molar-refractivity contribution >= 4 is 17.7 Å². The summed E-state index contributed by atoms with van der Waals surface area (Å²) in [4.78, 5) is 12.2. The zero-order valence-corrected chi connectivity index (χ0v) is 18.8. The maximum Gasteiger partial charge on any atom is 0.220 e. The Balaban J connectivity index is 1.78. The van der Waals surface area contributed by atoms with Gasteiger partial charge in [-0.3, -0.25) is 9.36 Å². The Kier molecular flexibility index (Phi) is 8.08. The first kappa shape index (κ1) is 22.1. The van der Waals surface area contributed by atoms with E-state index in [0.29, 0.717) is 12.8 Å². The van der Waals surface area contributed by atoms with E-state index in [1.165, 1.54) is 16.7 Å². The van der Waals surface area contributed by atoms with Crippen molar-refractivity contribution in [1.82, 2.24) is 20.1 Å². The summed E-state index contributed by atoms with van der Waals surface area (Å²) >= 11 is 1.67. The van der Waals surface area contributed by atoms with E-state index in [4.69, 9.17) is 0 Å². The van der Waals surface area contributed by atoms with Crippen LogP contribution in [-0.4, -0.2) is 27.2 Å². The minimum absolute atomic E-state index is 0.0659. The minimum atomic E-state index is 0.0659. The van der Waals surface area contributed by atoms with Crippen LogP contribution in [0.1, 0.15) is 48.7 Å². The van der Waals surface area contributed by atoms with Crippen molar-refractivity contribution in [2.45, 2.75) is 57.4 Å². The zero-order chi connectivity index (χ0) is 21.3. The van der Waals surface area contributed by atoms with Gasteiger partial charge in [0.25, 0.3) is 0 Å². The van der Waals surface area contributed by atoms with Crippen molar-refractivity contribution < 1.29 is 4.79 Å². The number of amides is 1. The van der Waals surface area contributed by atoms with Crippen LogP contribution in [-0.2, 0) is 17.0 Å². The number of unbranched alkanes of at least 4 members (excludes halogenated alkanes) is 1. The average Bonchev–Trinajstić information content (AvgIpc) is 3.14. The fraction of sp³-hybridized carbons (Fsp3) is 0.375. The number of carbonyl (C=O) groups excluding carboxylic acids is 1. The van der Waals surface area contributed by atoms with Gasteiger partial charge in [0.2, 0.25) is 5.91 Å². The highest BCUT2D eigenvalue weighted by Crippen LogP contribution is 2.26. The SMILES string of the molecule is CCCCNC(=O)CCc1nnc(SCc2cccc(C)c2)n1-c1cccc(C)c1. The van der Waals surface area contributed by atoms with Crippen molar-refractivity contribution in [3.8, 4) is 5.69 Å². The summed E-state index contributed by atoms with van der Waals surface area (Å²) < 4.78 is 2.09. The standard InChI is InChI=1S/C24H30N4OS/c1-4-5-14-25-23(29)13-12-22-26-27-24(28(22)21-11-7-9-19(3)16-21)30-17-20-10-6-8-18(2)15-20/h6-11,15-16H,4-5,12-14,17H2,1-3H3,(H,25,29). The van der Waals surface area contributed by atoms with E-state index in [1.807, 2.05) is 6.07 Å². The number of aromatic nitrogens is 3. The van der Waals surface area contributed by atoms with Crippen LogP contribution in [0.3, 0.4) is 0 Å². The first-order chi connectivity index (χ1) is 14.6. The Morgan fingerprint density at radius 2 is 1.83 bits per heavy atom. The number of hydrogen-bond acceptors (Lipinski definition) is 4. The highest BCUT2D eigenvalue weighted by molar-refractivity contribution is 7.98. The van der Waals surface area contributed by atoms with Gasteiger partial charge in [-0.05, 0) is 43.5 Å². The summed E-state index contributed by atoms with van der Waals surface area (Å²) in [5, 5.41) is 12.7. The lowest BCUT2D eigenvalue weighted by atomic mass is 10.2. The summed E-state index contributed by atoms with van der Waals surface area (Å²) in [6.45, 7) is 7.03. The molecule has 0 aliphatic carbocycles. The zero-order valence-electron chi connectivity index (χ0n) is 18.0. The molecule has 0 atom stereocenters. The van der Waals surface area contributed by atoms with E-state index in [0.717, 1.165) is 41.8 Å². The van der Waals surface area contributed by atoms with Crippen LogP contribution in [0, 0.1) is 13.8 Å². The van der Waals surface area contributed by atoms with Gasteiger partial charge in [-0.15, -0.1) is 10.2 Å². The molecule has 3 rings (SSSR count). The van der Waals surface area contributed by atoms with Crippen molar-refractivity contribution in [3.05, 3.63) is 71.0 Å². The number of hydrogen-bond donors (Lipinski definition) is 1. The predicted octanol–water partition coefficient (Wildman–Crippen LogP) is 5.03. The molecule has 158 valence electrons. The van der Waals surface area contributed by atoms with Crippen molar-refractivity contribution in [3.63, 3.8) is 0 Å². The van der Waals surface area contributed by atoms with Gasteiger partial charge in [-0.1, -0.05) is 67.1 Å². The Hall–Kier alpha value is -2.60. The Labute approximate surface area is 183 Å². The summed E-state index contributed by atoms with van der Waals surface area (Å²) in [5.74, 6) is 1.71. The summed E-state index contributed by atoms with van der Waals surface area (Å²) in [6.07, 6.45) is 3.05. The Morgan fingerprint density at radius 1 is 1.07 bits per heavy atom. The lowest BCUT2D eigenvalue weighted by molar-refractivity contribution is -0.121. The quantitative estimate of drug-likeness (QED) is 0.368. The van der Waals surface area contributed by atoms with Crippen LogP contribution in [0.4, 0.5) is 0 Å². The van der Waals surface area contributed by atoms with Gasteiger partial charge in [0.05, 0.1) is 0 Å². The molecule has 1 amide bonds. The summed E-state index contributed by atoms with van der Waals surface area (Å²) in [5.41, 5.74) is 4.73. The second kappa shape index (κ2) is 11.0. The molecule has 1 N–H and O–H groups in total. The van der Waals surface area contributed by atoms with Gasteiger partial charge in [0.15, 0.2) is 5.16 Å². The summed E-state index contributed by atoms with van der Waals surface area (Å²) in [7, 11) is 0. The average molecular weight is 423 g/mol. The van der Waals surface area contributed by atoms with Crippen LogP contribution >= 0.6 is 11.8 Å². The molecule has 0 saturated carbocycles. The molecule has 0 fully saturated rings. The van der Waals surface area contributed by atoms with E-state index in [9.17, 15) is 4.79 Å². The molecule has 0 aliphatic heterocycles. The summed E-state index contributed by atoms with van der Waals surface area (Å²) in [6, 6.07) is 16.8. The number of thioether (sulfide) groups is 1. The Bertz CT molecular complexity index is 983. The minimum Gasteiger partial charge on any atom is -0.356 e. The molecular formula is C24H30N4OS. The molecule has 2 aromatic carbocycles. The lowest BCUT2D eigenvalue weighted by Gasteiger charge is -2.11. The van der Waals surface area contributed by atoms with E-state index in [2.05, 4.69) is 83.3 Å². The number of carbonyl (C=O) groups is 1. The van der Waals surface area contributed by atoms with Gasteiger partial charge in [-0.2, -0.15) is 0 Å². The third kappa shape index (κ3) is 6.20. The number of nitrogens with zero attached hydrogens (tertiary/aromatic N) is 3. The lowest BCUT2D eigenvalue weighted by Crippen LogP contribution is -2.24. The molecule has 0 aliphatic rings. The van der Waals surface area contributed by atoms with E-state index in [1.54, 1.807) is 11.8 Å². The molecule has 3 aromatic rings. The first-order valence-electron chi connectivity index (χ1n) is 10.5. The molecule has 5 nitrogen and oxygen atoms in total.